The highest BCUT2D eigenvalue weighted by molar-refractivity contribution is 5.45. The zero-order chi connectivity index (χ0) is 8.27. The molecule has 0 aliphatic carbocycles. The Morgan fingerprint density at radius 2 is 2.27 bits per heavy atom. The number of rotatable bonds is 2. The van der Waals surface area contributed by atoms with Crippen molar-refractivity contribution in [3.8, 4) is 0 Å². The molecule has 0 aliphatic heterocycles. The summed E-state index contributed by atoms with van der Waals surface area (Å²) in [6, 6.07) is 0. The van der Waals surface area contributed by atoms with Crippen molar-refractivity contribution < 1.29 is 4.39 Å². The van der Waals surface area contributed by atoms with Crippen LogP contribution in [0.1, 0.15) is 18.9 Å². The van der Waals surface area contributed by atoms with Crippen molar-refractivity contribution in [1.29, 1.82) is 0 Å². The summed E-state index contributed by atoms with van der Waals surface area (Å²) in [4.78, 5) is 3.71. The summed E-state index contributed by atoms with van der Waals surface area (Å²) in [5, 5.41) is 0. The number of nitrogens with two attached hydrogens (primary N) is 1. The van der Waals surface area contributed by atoms with Crippen LogP contribution >= 0.6 is 0 Å². The van der Waals surface area contributed by atoms with E-state index in [1.165, 1.54) is 0 Å². The molecule has 11 heavy (non-hydrogen) atoms. The molecule has 0 amide bonds. The van der Waals surface area contributed by atoms with E-state index in [-0.39, 0.29) is 5.69 Å². The van der Waals surface area contributed by atoms with Crippen LogP contribution in [0.15, 0.2) is 12.4 Å². The number of halogens is 1. The second-order valence-electron chi connectivity index (χ2n) is 2.44. The van der Waals surface area contributed by atoms with E-state index in [9.17, 15) is 4.39 Å². The van der Waals surface area contributed by atoms with Crippen molar-refractivity contribution in [2.75, 3.05) is 5.73 Å². The lowest BCUT2D eigenvalue weighted by atomic mass is 10.1. The smallest absolute Gasteiger partial charge is 0.164 e. The van der Waals surface area contributed by atoms with Crippen LogP contribution in [0.25, 0.3) is 0 Å². The van der Waals surface area contributed by atoms with Gasteiger partial charge in [0.25, 0.3) is 0 Å². The number of hydrogen-bond donors (Lipinski definition) is 1. The van der Waals surface area contributed by atoms with Gasteiger partial charge in [-0.15, -0.1) is 0 Å². The van der Waals surface area contributed by atoms with Crippen LogP contribution < -0.4 is 5.73 Å². The van der Waals surface area contributed by atoms with Crippen molar-refractivity contribution in [3.63, 3.8) is 0 Å². The number of aryl methyl sites for hydroxylation is 1. The predicted octanol–water partition coefficient (Wildman–Crippen LogP) is 1.76. The van der Waals surface area contributed by atoms with Crippen LogP contribution in [-0.2, 0) is 6.42 Å². The van der Waals surface area contributed by atoms with Gasteiger partial charge in [-0.05, 0) is 12.0 Å². The lowest BCUT2D eigenvalue weighted by Crippen LogP contribution is -1.98. The summed E-state index contributed by atoms with van der Waals surface area (Å²) in [5.41, 5.74) is 6.49. The maximum atomic E-state index is 12.7. The van der Waals surface area contributed by atoms with Crippen molar-refractivity contribution in [1.82, 2.24) is 4.98 Å². The fraction of sp³-hybridized carbons (Fsp3) is 0.375. The predicted molar refractivity (Wildman–Crippen MR) is 42.6 cm³/mol. The first-order chi connectivity index (χ1) is 5.25. The monoisotopic (exact) mass is 154 g/mol. The molecule has 0 saturated carbocycles. The largest absolute Gasteiger partial charge is 0.396 e. The molecule has 0 aromatic carbocycles. The topological polar surface area (TPSA) is 38.9 Å². The summed E-state index contributed by atoms with van der Waals surface area (Å²) in [6.45, 7) is 2.02. The van der Waals surface area contributed by atoms with Gasteiger partial charge in [-0.25, -0.2) is 4.39 Å². The van der Waals surface area contributed by atoms with Crippen molar-refractivity contribution in [2.24, 2.45) is 0 Å². The minimum atomic E-state index is -0.420. The molecule has 1 heterocycles. The molecule has 0 aliphatic rings. The van der Waals surface area contributed by atoms with Gasteiger partial charge in [-0.3, -0.25) is 4.98 Å². The van der Waals surface area contributed by atoms with Crippen molar-refractivity contribution in [2.45, 2.75) is 19.8 Å². The number of aromatic nitrogens is 1. The number of nitrogen functional groups attached to an aromatic ring is 1. The molecule has 0 spiro atoms. The molecule has 60 valence electrons. The van der Waals surface area contributed by atoms with Gasteiger partial charge in [0.15, 0.2) is 5.82 Å². The van der Waals surface area contributed by atoms with Crippen LogP contribution in [0.2, 0.25) is 0 Å². The van der Waals surface area contributed by atoms with E-state index in [0.29, 0.717) is 0 Å². The molecule has 0 fully saturated rings. The third-order valence-electron chi connectivity index (χ3n) is 1.54. The molecule has 1 aromatic rings. The van der Waals surface area contributed by atoms with Crippen molar-refractivity contribution in [3.05, 3.63) is 23.8 Å². The second kappa shape index (κ2) is 3.32. The van der Waals surface area contributed by atoms with E-state index >= 15 is 0 Å². The Labute approximate surface area is 65.3 Å². The van der Waals surface area contributed by atoms with E-state index in [1.807, 2.05) is 6.92 Å². The first kappa shape index (κ1) is 7.98. The first-order valence-corrected chi connectivity index (χ1v) is 3.63. The fourth-order valence-corrected chi connectivity index (χ4v) is 0.954. The standard InChI is InChI=1S/C8H11FN2/c1-2-3-6-4-11-5-7(9)8(6)10/h4-5H,2-3H2,1H3,(H2,10,11). The summed E-state index contributed by atoms with van der Waals surface area (Å²) < 4.78 is 12.7. The molecule has 2 N–H and O–H groups in total. The molecular weight excluding hydrogens is 143 g/mol. The Hall–Kier alpha value is -1.12. The zero-order valence-corrected chi connectivity index (χ0v) is 6.47. The van der Waals surface area contributed by atoms with Gasteiger partial charge >= 0.3 is 0 Å². The minimum Gasteiger partial charge on any atom is -0.396 e. The van der Waals surface area contributed by atoms with Crippen LogP contribution in [0.5, 0.6) is 0 Å². The van der Waals surface area contributed by atoms with E-state index in [2.05, 4.69) is 4.98 Å². The Balaban J connectivity index is 2.96. The molecule has 1 aromatic heterocycles. The third kappa shape index (κ3) is 1.67. The molecule has 0 unspecified atom stereocenters. The Bertz CT molecular complexity index is 248. The van der Waals surface area contributed by atoms with E-state index in [0.717, 1.165) is 24.6 Å². The summed E-state index contributed by atoms with van der Waals surface area (Å²) in [7, 11) is 0. The summed E-state index contributed by atoms with van der Waals surface area (Å²) >= 11 is 0. The molecule has 1 rings (SSSR count). The second-order valence-corrected chi connectivity index (χ2v) is 2.44. The average Bonchev–Trinajstić information content (AvgIpc) is 1.99. The minimum absolute atomic E-state index is 0.238. The number of pyridine rings is 1. The number of nitrogens with zero attached hydrogens (tertiary/aromatic N) is 1. The molecule has 3 heteroatoms. The fourth-order valence-electron chi connectivity index (χ4n) is 0.954. The third-order valence-corrected chi connectivity index (χ3v) is 1.54. The molecule has 0 bridgehead atoms. The van der Waals surface area contributed by atoms with Crippen LogP contribution in [0.4, 0.5) is 10.1 Å². The highest BCUT2D eigenvalue weighted by Crippen LogP contribution is 2.15. The molecule has 0 atom stereocenters. The van der Waals surface area contributed by atoms with Gasteiger partial charge < -0.3 is 5.73 Å². The molecule has 0 saturated heterocycles. The molecule has 0 radical (unpaired) electrons. The summed E-state index contributed by atoms with van der Waals surface area (Å²) in [6.07, 6.45) is 4.49. The quantitative estimate of drug-likeness (QED) is 0.704. The van der Waals surface area contributed by atoms with Gasteiger partial charge in [0.2, 0.25) is 0 Å². The number of hydrogen-bond acceptors (Lipinski definition) is 2. The SMILES string of the molecule is CCCc1cncc(F)c1N. The van der Waals surface area contributed by atoms with E-state index in [1.54, 1.807) is 6.20 Å². The van der Waals surface area contributed by atoms with Gasteiger partial charge in [-0.2, -0.15) is 0 Å². The first-order valence-electron chi connectivity index (χ1n) is 3.63. The van der Waals surface area contributed by atoms with Crippen LogP contribution in [-0.4, -0.2) is 4.98 Å². The average molecular weight is 154 g/mol. The van der Waals surface area contributed by atoms with Crippen LogP contribution in [0.3, 0.4) is 0 Å². The molecular formula is C8H11FN2. The maximum Gasteiger partial charge on any atom is 0.164 e. The van der Waals surface area contributed by atoms with Gasteiger partial charge in [0.05, 0.1) is 11.9 Å². The number of anilines is 1. The highest BCUT2D eigenvalue weighted by atomic mass is 19.1. The molecule has 2 nitrogen and oxygen atoms in total. The van der Waals surface area contributed by atoms with E-state index in [4.69, 9.17) is 5.73 Å². The zero-order valence-electron chi connectivity index (χ0n) is 6.47. The Kier molecular flexibility index (Phi) is 2.41. The Morgan fingerprint density at radius 1 is 1.55 bits per heavy atom. The summed E-state index contributed by atoms with van der Waals surface area (Å²) in [5.74, 6) is -0.420. The van der Waals surface area contributed by atoms with Gasteiger partial charge in [-0.1, -0.05) is 13.3 Å². The maximum absolute atomic E-state index is 12.7. The lowest BCUT2D eigenvalue weighted by molar-refractivity contribution is 0.623. The van der Waals surface area contributed by atoms with Gasteiger partial charge in [0, 0.05) is 6.20 Å². The van der Waals surface area contributed by atoms with Crippen LogP contribution in [0, 0.1) is 5.82 Å². The lowest BCUT2D eigenvalue weighted by Gasteiger charge is -2.02. The van der Waals surface area contributed by atoms with Crippen molar-refractivity contribution >= 4 is 5.69 Å². The van der Waals surface area contributed by atoms with Gasteiger partial charge in [0.1, 0.15) is 0 Å². The van der Waals surface area contributed by atoms with E-state index < -0.39 is 5.82 Å². The normalized spacial score (nSPS) is 10.0. The Morgan fingerprint density at radius 3 is 2.91 bits per heavy atom. The highest BCUT2D eigenvalue weighted by Gasteiger charge is 2.02.